The van der Waals surface area contributed by atoms with E-state index in [1.54, 1.807) is 0 Å². The summed E-state index contributed by atoms with van der Waals surface area (Å²) in [6, 6.07) is 4.91. The molecule has 1 heterocycles. The van der Waals surface area contributed by atoms with Crippen LogP contribution >= 0.6 is 0 Å². The van der Waals surface area contributed by atoms with Gasteiger partial charge in [0.2, 0.25) is 0 Å². The van der Waals surface area contributed by atoms with E-state index in [4.69, 9.17) is 15.6 Å². The molecule has 3 N–H and O–H groups in total. The minimum absolute atomic E-state index is 0.228. The van der Waals surface area contributed by atoms with E-state index in [0.29, 0.717) is 6.42 Å². The van der Waals surface area contributed by atoms with Crippen LogP contribution in [-0.4, -0.2) is 23.2 Å². The number of benzene rings is 1. The summed E-state index contributed by atoms with van der Waals surface area (Å²) >= 11 is 0. The summed E-state index contributed by atoms with van der Waals surface area (Å²) in [6.45, 7) is 2.04. The standard InChI is InChI=1S/C13H17NO3/c1-8-5-6-10-9(7-11(14)13(15)16)3-2-4-12(10)17-8/h2-4,8,11H,5-7,14H2,1H3,(H,15,16). The van der Waals surface area contributed by atoms with Gasteiger partial charge in [0.25, 0.3) is 0 Å². The summed E-state index contributed by atoms with van der Waals surface area (Å²) in [5.74, 6) is -0.0912. The van der Waals surface area contributed by atoms with E-state index in [-0.39, 0.29) is 6.10 Å². The van der Waals surface area contributed by atoms with E-state index in [9.17, 15) is 4.79 Å². The van der Waals surface area contributed by atoms with Gasteiger partial charge in [0, 0.05) is 0 Å². The molecule has 0 saturated heterocycles. The lowest BCUT2D eigenvalue weighted by Gasteiger charge is -2.25. The Bertz CT molecular complexity index is 431. The lowest BCUT2D eigenvalue weighted by Crippen LogP contribution is -2.33. The van der Waals surface area contributed by atoms with Crippen molar-refractivity contribution in [2.75, 3.05) is 0 Å². The van der Waals surface area contributed by atoms with Crippen LogP contribution in [0.2, 0.25) is 0 Å². The number of hydrogen-bond acceptors (Lipinski definition) is 3. The van der Waals surface area contributed by atoms with Gasteiger partial charge in [0.05, 0.1) is 6.10 Å². The highest BCUT2D eigenvalue weighted by atomic mass is 16.5. The fourth-order valence-corrected chi connectivity index (χ4v) is 2.14. The molecule has 0 amide bonds. The van der Waals surface area contributed by atoms with Gasteiger partial charge in [-0.3, -0.25) is 4.79 Å². The number of nitrogens with two attached hydrogens (primary N) is 1. The normalized spacial score (nSPS) is 20.2. The molecule has 4 nitrogen and oxygen atoms in total. The lowest BCUT2D eigenvalue weighted by molar-refractivity contribution is -0.138. The highest BCUT2D eigenvalue weighted by molar-refractivity contribution is 5.73. The first-order chi connectivity index (χ1) is 8.08. The maximum absolute atomic E-state index is 10.8. The van der Waals surface area contributed by atoms with Gasteiger partial charge in [-0.05, 0) is 43.4 Å². The van der Waals surface area contributed by atoms with Gasteiger partial charge in [-0.15, -0.1) is 0 Å². The van der Waals surface area contributed by atoms with Crippen molar-refractivity contribution in [3.05, 3.63) is 29.3 Å². The van der Waals surface area contributed by atoms with Gasteiger partial charge >= 0.3 is 5.97 Å². The van der Waals surface area contributed by atoms with Crippen molar-refractivity contribution in [1.82, 2.24) is 0 Å². The van der Waals surface area contributed by atoms with Crippen LogP contribution in [0.15, 0.2) is 18.2 Å². The maximum atomic E-state index is 10.8. The second-order valence-corrected chi connectivity index (χ2v) is 4.51. The summed E-state index contributed by atoms with van der Waals surface area (Å²) in [4.78, 5) is 10.8. The second-order valence-electron chi connectivity index (χ2n) is 4.51. The Hall–Kier alpha value is -1.55. The predicted octanol–water partition coefficient (Wildman–Crippen LogP) is 1.35. The van der Waals surface area contributed by atoms with Gasteiger partial charge < -0.3 is 15.6 Å². The van der Waals surface area contributed by atoms with Gasteiger partial charge in [0.1, 0.15) is 11.8 Å². The summed E-state index contributed by atoms with van der Waals surface area (Å²) in [7, 11) is 0. The van der Waals surface area contributed by atoms with Gasteiger partial charge in [-0.25, -0.2) is 0 Å². The van der Waals surface area contributed by atoms with E-state index in [1.807, 2.05) is 25.1 Å². The molecule has 1 aliphatic rings. The lowest BCUT2D eigenvalue weighted by atomic mass is 9.94. The molecule has 1 aliphatic heterocycles. The van der Waals surface area contributed by atoms with E-state index in [1.165, 1.54) is 0 Å². The van der Waals surface area contributed by atoms with Crippen molar-refractivity contribution in [2.45, 2.75) is 38.3 Å². The number of ether oxygens (including phenoxy) is 1. The van der Waals surface area contributed by atoms with Crippen LogP contribution in [-0.2, 0) is 17.6 Å². The Morgan fingerprint density at radius 3 is 3.12 bits per heavy atom. The van der Waals surface area contributed by atoms with Crippen LogP contribution in [0.1, 0.15) is 24.5 Å². The highest BCUT2D eigenvalue weighted by Crippen LogP contribution is 2.30. The first-order valence-electron chi connectivity index (χ1n) is 5.83. The van der Waals surface area contributed by atoms with Crippen molar-refractivity contribution in [3.8, 4) is 5.75 Å². The molecule has 0 bridgehead atoms. The molecule has 0 radical (unpaired) electrons. The molecule has 92 valence electrons. The Morgan fingerprint density at radius 2 is 2.41 bits per heavy atom. The number of aliphatic carboxylic acids is 1. The summed E-state index contributed by atoms with van der Waals surface area (Å²) in [6.07, 6.45) is 2.48. The Labute approximate surface area is 100 Å². The van der Waals surface area contributed by atoms with E-state index in [0.717, 1.165) is 29.7 Å². The van der Waals surface area contributed by atoms with E-state index in [2.05, 4.69) is 0 Å². The molecule has 2 rings (SSSR count). The first kappa shape index (κ1) is 11.9. The first-order valence-corrected chi connectivity index (χ1v) is 5.83. The van der Waals surface area contributed by atoms with Crippen LogP contribution in [0, 0.1) is 0 Å². The number of carboxylic acid groups (broad SMARTS) is 1. The molecule has 1 aromatic carbocycles. The number of rotatable bonds is 3. The fourth-order valence-electron chi connectivity index (χ4n) is 2.14. The predicted molar refractivity (Wildman–Crippen MR) is 64.2 cm³/mol. The van der Waals surface area contributed by atoms with Crippen molar-refractivity contribution >= 4 is 5.97 Å². The summed E-state index contributed by atoms with van der Waals surface area (Å²) < 4.78 is 5.73. The zero-order chi connectivity index (χ0) is 12.4. The minimum Gasteiger partial charge on any atom is -0.490 e. The average molecular weight is 235 g/mol. The Kier molecular flexibility index (Phi) is 3.33. The maximum Gasteiger partial charge on any atom is 0.320 e. The number of carbonyl (C=O) groups is 1. The molecular weight excluding hydrogens is 218 g/mol. The monoisotopic (exact) mass is 235 g/mol. The number of carboxylic acids is 1. The van der Waals surface area contributed by atoms with E-state index < -0.39 is 12.0 Å². The van der Waals surface area contributed by atoms with Gasteiger partial charge in [-0.1, -0.05) is 12.1 Å². The van der Waals surface area contributed by atoms with Crippen LogP contribution in [0.25, 0.3) is 0 Å². The average Bonchev–Trinajstić information content (AvgIpc) is 2.28. The van der Waals surface area contributed by atoms with Crippen LogP contribution in [0.3, 0.4) is 0 Å². The van der Waals surface area contributed by atoms with Crippen LogP contribution in [0.5, 0.6) is 5.75 Å². The minimum atomic E-state index is -0.965. The quantitative estimate of drug-likeness (QED) is 0.829. The largest absolute Gasteiger partial charge is 0.490 e. The molecule has 17 heavy (non-hydrogen) atoms. The third-order valence-electron chi connectivity index (χ3n) is 3.12. The third-order valence-corrected chi connectivity index (χ3v) is 3.12. The Balaban J connectivity index is 2.24. The highest BCUT2D eigenvalue weighted by Gasteiger charge is 2.21. The molecule has 0 aromatic heterocycles. The summed E-state index contributed by atoms with van der Waals surface area (Å²) in [5, 5.41) is 8.83. The van der Waals surface area contributed by atoms with Crippen LogP contribution < -0.4 is 10.5 Å². The number of fused-ring (bicyclic) bond motifs is 1. The van der Waals surface area contributed by atoms with Gasteiger partial charge in [0.15, 0.2) is 0 Å². The summed E-state index contributed by atoms with van der Waals surface area (Å²) in [5.41, 5.74) is 7.67. The Morgan fingerprint density at radius 1 is 1.65 bits per heavy atom. The molecular formula is C13H17NO3. The molecule has 0 spiro atoms. The van der Waals surface area contributed by atoms with Crippen molar-refractivity contribution in [3.63, 3.8) is 0 Å². The third kappa shape index (κ3) is 2.58. The van der Waals surface area contributed by atoms with Crippen molar-refractivity contribution < 1.29 is 14.6 Å². The molecule has 0 aliphatic carbocycles. The zero-order valence-corrected chi connectivity index (χ0v) is 9.85. The topological polar surface area (TPSA) is 72.6 Å². The van der Waals surface area contributed by atoms with Gasteiger partial charge in [-0.2, -0.15) is 0 Å². The molecule has 1 aromatic rings. The SMILES string of the molecule is CC1CCc2c(CC(N)C(=O)O)cccc2O1. The molecule has 0 saturated carbocycles. The van der Waals surface area contributed by atoms with Crippen LogP contribution in [0.4, 0.5) is 0 Å². The molecule has 2 unspecified atom stereocenters. The number of hydrogen-bond donors (Lipinski definition) is 2. The van der Waals surface area contributed by atoms with E-state index >= 15 is 0 Å². The molecule has 2 atom stereocenters. The molecule has 4 heteroatoms. The zero-order valence-electron chi connectivity index (χ0n) is 9.85. The second kappa shape index (κ2) is 4.75. The molecule has 0 fully saturated rings. The fraction of sp³-hybridized carbons (Fsp3) is 0.462. The van der Waals surface area contributed by atoms with Crippen molar-refractivity contribution in [2.24, 2.45) is 5.73 Å². The smallest absolute Gasteiger partial charge is 0.320 e. The van der Waals surface area contributed by atoms with Crippen molar-refractivity contribution in [1.29, 1.82) is 0 Å².